The smallest absolute Gasteiger partial charge is 0.122 e. The van der Waals surface area contributed by atoms with Crippen LogP contribution in [-0.2, 0) is 6.42 Å². The molecule has 4 N–H and O–H groups in total. The number of nitrogens with two attached hydrogens (primary N) is 2. The molecule has 1 aromatic rings. The molecule has 0 heterocycles. The zero-order valence-electron chi connectivity index (χ0n) is 11.4. The van der Waals surface area contributed by atoms with Crippen molar-refractivity contribution in [3.05, 3.63) is 27.8 Å². The van der Waals surface area contributed by atoms with E-state index in [1.54, 1.807) is 7.11 Å². The van der Waals surface area contributed by atoms with E-state index in [0.717, 1.165) is 34.7 Å². The van der Waals surface area contributed by atoms with Gasteiger partial charge in [0.1, 0.15) is 5.75 Å². The number of benzene rings is 1. The predicted molar refractivity (Wildman–Crippen MR) is 77.4 cm³/mol. The van der Waals surface area contributed by atoms with E-state index in [1.807, 2.05) is 19.9 Å². The fourth-order valence-electron chi connectivity index (χ4n) is 2.13. The Morgan fingerprint density at radius 3 is 2.39 bits per heavy atom. The molecule has 1 aromatic carbocycles. The predicted octanol–water partition coefficient (Wildman–Crippen LogP) is 2.43. The summed E-state index contributed by atoms with van der Waals surface area (Å²) in [6, 6.07) is 1.99. The molecule has 0 aliphatic carbocycles. The van der Waals surface area contributed by atoms with Gasteiger partial charge < -0.3 is 16.2 Å². The Hall–Kier alpha value is -0.770. The highest BCUT2D eigenvalue weighted by Crippen LogP contribution is 2.32. The molecule has 0 spiro atoms. The van der Waals surface area contributed by atoms with Crippen molar-refractivity contribution in [1.82, 2.24) is 0 Å². The van der Waals surface area contributed by atoms with Crippen LogP contribution in [0.15, 0.2) is 6.07 Å². The second-order valence-corrected chi connectivity index (χ2v) is 5.07. The average molecular weight is 271 g/mol. The van der Waals surface area contributed by atoms with Crippen LogP contribution in [0.25, 0.3) is 0 Å². The third kappa shape index (κ3) is 3.37. The third-order valence-electron chi connectivity index (χ3n) is 3.46. The maximum Gasteiger partial charge on any atom is 0.122 e. The van der Waals surface area contributed by atoms with Crippen LogP contribution in [0.1, 0.15) is 23.1 Å². The minimum absolute atomic E-state index is 0.356. The van der Waals surface area contributed by atoms with Crippen molar-refractivity contribution in [2.75, 3.05) is 20.2 Å². The second-order valence-electron chi connectivity index (χ2n) is 4.69. The van der Waals surface area contributed by atoms with Crippen LogP contribution < -0.4 is 16.2 Å². The van der Waals surface area contributed by atoms with Gasteiger partial charge in [0, 0.05) is 5.02 Å². The van der Waals surface area contributed by atoms with Crippen molar-refractivity contribution in [2.45, 2.75) is 26.7 Å². The van der Waals surface area contributed by atoms with Crippen molar-refractivity contribution in [3.63, 3.8) is 0 Å². The highest BCUT2D eigenvalue weighted by molar-refractivity contribution is 6.32. The molecule has 18 heavy (non-hydrogen) atoms. The van der Waals surface area contributed by atoms with Gasteiger partial charge in [-0.3, -0.25) is 0 Å². The molecule has 0 atom stereocenters. The van der Waals surface area contributed by atoms with Gasteiger partial charge >= 0.3 is 0 Å². The maximum atomic E-state index is 6.29. The highest BCUT2D eigenvalue weighted by Gasteiger charge is 2.14. The second kappa shape index (κ2) is 6.98. The van der Waals surface area contributed by atoms with Gasteiger partial charge in [0.25, 0.3) is 0 Å². The number of aryl methyl sites for hydroxylation is 1. The molecule has 0 saturated carbocycles. The maximum absolute atomic E-state index is 6.29. The molecule has 3 nitrogen and oxygen atoms in total. The minimum Gasteiger partial charge on any atom is -0.496 e. The number of halogens is 1. The molecule has 0 aliphatic heterocycles. The number of hydrogen-bond donors (Lipinski definition) is 2. The minimum atomic E-state index is 0.356. The van der Waals surface area contributed by atoms with Crippen LogP contribution in [0.4, 0.5) is 0 Å². The molecule has 0 radical (unpaired) electrons. The van der Waals surface area contributed by atoms with E-state index < -0.39 is 0 Å². The Labute approximate surface area is 114 Å². The Morgan fingerprint density at radius 2 is 1.89 bits per heavy atom. The van der Waals surface area contributed by atoms with Crippen molar-refractivity contribution in [3.8, 4) is 5.75 Å². The fraction of sp³-hybridized carbons (Fsp3) is 0.571. The summed E-state index contributed by atoms with van der Waals surface area (Å²) >= 11 is 6.29. The van der Waals surface area contributed by atoms with Crippen LogP contribution >= 0.6 is 11.6 Å². The molecular weight excluding hydrogens is 248 g/mol. The van der Waals surface area contributed by atoms with Gasteiger partial charge in [-0.2, -0.15) is 0 Å². The summed E-state index contributed by atoms with van der Waals surface area (Å²) in [5, 5.41) is 0.822. The van der Waals surface area contributed by atoms with Crippen LogP contribution in [0.5, 0.6) is 5.75 Å². The number of hydrogen-bond acceptors (Lipinski definition) is 3. The molecule has 0 bridgehead atoms. The van der Waals surface area contributed by atoms with Gasteiger partial charge in [-0.15, -0.1) is 0 Å². The lowest BCUT2D eigenvalue weighted by Gasteiger charge is -2.17. The quantitative estimate of drug-likeness (QED) is 0.835. The molecule has 0 unspecified atom stereocenters. The first-order valence-corrected chi connectivity index (χ1v) is 6.65. The summed E-state index contributed by atoms with van der Waals surface area (Å²) in [5.74, 6) is 1.26. The molecule has 0 aromatic heterocycles. The molecule has 0 aliphatic rings. The van der Waals surface area contributed by atoms with E-state index >= 15 is 0 Å². The van der Waals surface area contributed by atoms with E-state index in [1.165, 1.54) is 5.56 Å². The first-order valence-electron chi connectivity index (χ1n) is 6.27. The fourth-order valence-corrected chi connectivity index (χ4v) is 2.30. The Kier molecular flexibility index (Phi) is 5.93. The van der Waals surface area contributed by atoms with Crippen molar-refractivity contribution < 1.29 is 4.74 Å². The van der Waals surface area contributed by atoms with Crippen molar-refractivity contribution >= 4 is 11.6 Å². The van der Waals surface area contributed by atoms with Crippen molar-refractivity contribution in [1.29, 1.82) is 0 Å². The van der Waals surface area contributed by atoms with Gasteiger partial charge in [-0.25, -0.2) is 0 Å². The summed E-state index contributed by atoms with van der Waals surface area (Å²) in [5.41, 5.74) is 14.7. The van der Waals surface area contributed by atoms with Gasteiger partial charge in [0.2, 0.25) is 0 Å². The lowest BCUT2D eigenvalue weighted by atomic mass is 9.95. The van der Waals surface area contributed by atoms with Crippen molar-refractivity contribution in [2.24, 2.45) is 17.4 Å². The summed E-state index contributed by atoms with van der Waals surface area (Å²) in [6.45, 7) is 5.27. The van der Waals surface area contributed by atoms with E-state index in [2.05, 4.69) is 0 Å². The standard InChI is InChI=1S/C14H23ClN2O/c1-9-6-13(18-3)12(10(2)14(9)15)5-4-11(7-16)8-17/h6,11H,4-5,7-8,16-17H2,1-3H3. The van der Waals surface area contributed by atoms with Crippen LogP contribution in [0, 0.1) is 19.8 Å². The SMILES string of the molecule is COc1cc(C)c(Cl)c(C)c1CCC(CN)CN. The van der Waals surface area contributed by atoms with Gasteiger partial charge in [0.15, 0.2) is 0 Å². The molecule has 4 heteroatoms. The summed E-state index contributed by atoms with van der Waals surface area (Å²) in [7, 11) is 1.69. The van der Waals surface area contributed by atoms with E-state index in [0.29, 0.717) is 19.0 Å². The lowest BCUT2D eigenvalue weighted by molar-refractivity contribution is 0.405. The number of ether oxygens (including phenoxy) is 1. The molecule has 0 fully saturated rings. The van der Waals surface area contributed by atoms with E-state index in [4.69, 9.17) is 27.8 Å². The van der Waals surface area contributed by atoms with Crippen LogP contribution in [0.3, 0.4) is 0 Å². The van der Waals surface area contributed by atoms with Crippen LogP contribution in [0.2, 0.25) is 5.02 Å². The monoisotopic (exact) mass is 270 g/mol. The molecule has 1 rings (SSSR count). The van der Waals surface area contributed by atoms with Crippen LogP contribution in [-0.4, -0.2) is 20.2 Å². The summed E-state index contributed by atoms with van der Waals surface area (Å²) in [6.07, 6.45) is 1.86. The highest BCUT2D eigenvalue weighted by atomic mass is 35.5. The summed E-state index contributed by atoms with van der Waals surface area (Å²) < 4.78 is 5.44. The first-order chi connectivity index (χ1) is 8.54. The number of methoxy groups -OCH3 is 1. The molecule has 102 valence electrons. The summed E-state index contributed by atoms with van der Waals surface area (Å²) in [4.78, 5) is 0. The lowest BCUT2D eigenvalue weighted by Crippen LogP contribution is -2.23. The largest absolute Gasteiger partial charge is 0.496 e. The molecular formula is C14H23ClN2O. The third-order valence-corrected chi connectivity index (χ3v) is 4.04. The Morgan fingerprint density at radius 1 is 1.28 bits per heavy atom. The first kappa shape index (κ1) is 15.3. The number of rotatable bonds is 6. The topological polar surface area (TPSA) is 61.3 Å². The van der Waals surface area contributed by atoms with Gasteiger partial charge in [-0.05, 0) is 68.5 Å². The normalized spacial score (nSPS) is 11.1. The average Bonchev–Trinajstić information content (AvgIpc) is 2.38. The molecule has 0 saturated heterocycles. The van der Waals surface area contributed by atoms with Gasteiger partial charge in [-0.1, -0.05) is 11.6 Å². The molecule has 0 amide bonds. The zero-order valence-corrected chi connectivity index (χ0v) is 12.2. The Balaban J connectivity index is 2.96. The Bertz CT molecular complexity index is 403. The van der Waals surface area contributed by atoms with E-state index in [-0.39, 0.29) is 0 Å². The van der Waals surface area contributed by atoms with E-state index in [9.17, 15) is 0 Å². The zero-order chi connectivity index (χ0) is 13.7. The van der Waals surface area contributed by atoms with Gasteiger partial charge in [0.05, 0.1) is 7.11 Å².